The Morgan fingerprint density at radius 3 is 2.41 bits per heavy atom. The van der Waals surface area contributed by atoms with Crippen LogP contribution in [0.5, 0.6) is 0 Å². The number of halogens is 2. The summed E-state index contributed by atoms with van der Waals surface area (Å²) >= 11 is 11.7. The average molecular weight is 379 g/mol. The van der Waals surface area contributed by atoms with Gasteiger partial charge in [-0.2, -0.15) is 10.6 Å². The lowest BCUT2D eigenvalue weighted by Crippen LogP contribution is -2.15. The van der Waals surface area contributed by atoms with Crippen LogP contribution in [0.4, 0.5) is 0 Å². The molecule has 4 nitrogen and oxygen atoms in total. The average Bonchev–Trinajstić information content (AvgIpc) is 2.75. The van der Waals surface area contributed by atoms with E-state index in [4.69, 9.17) is 23.2 Å². The zero-order chi connectivity index (χ0) is 16.1. The lowest BCUT2D eigenvalue weighted by molar-refractivity contribution is 0.491. The fourth-order valence-corrected chi connectivity index (χ4v) is 7.31. The molecule has 1 heterocycles. The van der Waals surface area contributed by atoms with E-state index in [1.54, 1.807) is 24.3 Å². The highest BCUT2D eigenvalue weighted by atomic mass is 35.5. The first-order valence-corrected chi connectivity index (χ1v) is 10.3. The number of hydrogen-bond donors (Lipinski definition) is 2. The van der Waals surface area contributed by atoms with Crippen molar-refractivity contribution >= 4 is 43.6 Å². The van der Waals surface area contributed by atoms with Crippen molar-refractivity contribution in [1.82, 2.24) is 0 Å². The molecular weight excluding hydrogens is 367 g/mol. The molecule has 0 aliphatic carbocycles. The standard InChI is InChI=1S/C14H12Cl2O4S2/c15-11-6-5-9(7-12(11)16)22(19,20)14-8-21(17,18)13-4-2-1-3-10(13)14/h1-7,14,17-18H,8H2. The van der Waals surface area contributed by atoms with Crippen LogP contribution in [0.1, 0.15) is 10.8 Å². The monoisotopic (exact) mass is 378 g/mol. The number of rotatable bonds is 2. The molecule has 0 saturated carbocycles. The summed E-state index contributed by atoms with van der Waals surface area (Å²) in [7, 11) is -6.91. The molecule has 1 unspecified atom stereocenters. The van der Waals surface area contributed by atoms with Gasteiger partial charge >= 0.3 is 0 Å². The van der Waals surface area contributed by atoms with Crippen molar-refractivity contribution in [3.63, 3.8) is 0 Å². The Kier molecular flexibility index (Phi) is 3.96. The van der Waals surface area contributed by atoms with Crippen LogP contribution in [-0.4, -0.2) is 23.3 Å². The van der Waals surface area contributed by atoms with E-state index in [2.05, 4.69) is 0 Å². The minimum Gasteiger partial charge on any atom is -0.295 e. The summed E-state index contributed by atoms with van der Waals surface area (Å²) in [6, 6.07) is 10.6. The van der Waals surface area contributed by atoms with E-state index >= 15 is 0 Å². The fraction of sp³-hybridized carbons (Fsp3) is 0.143. The second-order valence-corrected chi connectivity index (χ2v) is 10.0. The van der Waals surface area contributed by atoms with Gasteiger partial charge in [0.1, 0.15) is 5.25 Å². The van der Waals surface area contributed by atoms with Crippen LogP contribution in [0, 0.1) is 0 Å². The molecule has 0 bridgehead atoms. The summed E-state index contributed by atoms with van der Waals surface area (Å²) in [5.41, 5.74) is 0.425. The van der Waals surface area contributed by atoms with Gasteiger partial charge in [-0.15, -0.1) is 0 Å². The Hall–Kier alpha value is -0.760. The number of hydrogen-bond acceptors (Lipinski definition) is 4. The van der Waals surface area contributed by atoms with E-state index in [0.29, 0.717) is 10.5 Å². The molecule has 1 aliphatic rings. The fourth-order valence-electron chi connectivity index (χ4n) is 2.51. The van der Waals surface area contributed by atoms with E-state index in [1.165, 1.54) is 18.2 Å². The van der Waals surface area contributed by atoms with E-state index in [9.17, 15) is 17.5 Å². The molecule has 1 aliphatic heterocycles. The first kappa shape index (κ1) is 16.1. The minimum atomic E-state index is -3.80. The normalized spacial score (nSPS) is 21.4. The first-order valence-electron chi connectivity index (χ1n) is 6.27. The summed E-state index contributed by atoms with van der Waals surface area (Å²) in [5, 5.41) is -0.608. The Labute approximate surface area is 140 Å². The molecule has 2 N–H and O–H groups in total. The van der Waals surface area contributed by atoms with Crippen molar-refractivity contribution in [2.45, 2.75) is 15.0 Å². The summed E-state index contributed by atoms with van der Waals surface area (Å²) in [5.74, 6) is -0.241. The number of fused-ring (bicyclic) bond motifs is 1. The molecule has 8 heteroatoms. The van der Waals surface area contributed by atoms with Crippen molar-refractivity contribution in [3.05, 3.63) is 58.1 Å². The molecule has 2 aromatic carbocycles. The molecule has 1 atom stereocenters. The van der Waals surface area contributed by atoms with Crippen molar-refractivity contribution in [1.29, 1.82) is 0 Å². The highest BCUT2D eigenvalue weighted by molar-refractivity contribution is 8.25. The minimum absolute atomic E-state index is 0.0128. The maximum absolute atomic E-state index is 12.8. The van der Waals surface area contributed by atoms with Crippen LogP contribution in [0.3, 0.4) is 0 Å². The quantitative estimate of drug-likeness (QED) is 0.798. The third-order valence-electron chi connectivity index (χ3n) is 3.60. The van der Waals surface area contributed by atoms with Gasteiger partial charge in [0.2, 0.25) is 0 Å². The van der Waals surface area contributed by atoms with E-state index < -0.39 is 25.7 Å². The van der Waals surface area contributed by atoms with Crippen LogP contribution >= 0.6 is 33.8 Å². The second kappa shape index (κ2) is 5.40. The molecule has 22 heavy (non-hydrogen) atoms. The van der Waals surface area contributed by atoms with Gasteiger partial charge in [0.25, 0.3) is 0 Å². The van der Waals surface area contributed by atoms with Crippen molar-refractivity contribution in [2.75, 3.05) is 5.75 Å². The maximum Gasteiger partial charge on any atom is 0.187 e. The number of benzene rings is 2. The molecule has 118 valence electrons. The van der Waals surface area contributed by atoms with Gasteiger partial charge in [-0.05, 0) is 29.8 Å². The van der Waals surface area contributed by atoms with Crippen LogP contribution in [-0.2, 0) is 9.84 Å². The Bertz CT molecular complexity index is 850. The zero-order valence-corrected chi connectivity index (χ0v) is 14.3. The molecule has 0 saturated heterocycles. The lowest BCUT2D eigenvalue weighted by atomic mass is 10.2. The van der Waals surface area contributed by atoms with Gasteiger partial charge in [-0.1, -0.05) is 41.4 Å². The number of sulfone groups is 1. The maximum atomic E-state index is 12.8. The molecule has 2 aromatic rings. The summed E-state index contributed by atoms with van der Waals surface area (Å²) in [6.07, 6.45) is 0. The van der Waals surface area contributed by atoms with E-state index in [0.717, 1.165) is 0 Å². The van der Waals surface area contributed by atoms with Crippen molar-refractivity contribution in [2.24, 2.45) is 0 Å². The third kappa shape index (κ3) is 2.54. The van der Waals surface area contributed by atoms with E-state index in [-0.39, 0.29) is 20.7 Å². The Morgan fingerprint density at radius 1 is 1.05 bits per heavy atom. The largest absolute Gasteiger partial charge is 0.295 e. The summed E-state index contributed by atoms with van der Waals surface area (Å²) < 4.78 is 46.0. The first-order chi connectivity index (χ1) is 10.2. The predicted molar refractivity (Wildman–Crippen MR) is 88.8 cm³/mol. The molecule has 3 rings (SSSR count). The Morgan fingerprint density at radius 2 is 1.73 bits per heavy atom. The van der Waals surface area contributed by atoms with Crippen LogP contribution in [0.2, 0.25) is 10.0 Å². The van der Waals surface area contributed by atoms with E-state index in [1.807, 2.05) is 0 Å². The van der Waals surface area contributed by atoms with Crippen LogP contribution < -0.4 is 0 Å². The SMILES string of the molecule is O=S(=O)(c1ccc(Cl)c(Cl)c1)C1CS(O)(O)c2ccccc21. The smallest absolute Gasteiger partial charge is 0.187 e. The van der Waals surface area contributed by atoms with Gasteiger partial charge in [-0.25, -0.2) is 8.42 Å². The molecule has 0 amide bonds. The predicted octanol–water partition coefficient (Wildman–Crippen LogP) is 4.63. The van der Waals surface area contributed by atoms with Gasteiger partial charge in [-0.3, -0.25) is 9.11 Å². The summed E-state index contributed by atoms with van der Waals surface area (Å²) in [4.78, 5) is 0.308. The topological polar surface area (TPSA) is 74.6 Å². The van der Waals surface area contributed by atoms with Gasteiger partial charge in [0.05, 0.1) is 25.6 Å². The molecule has 0 aromatic heterocycles. The second-order valence-electron chi connectivity index (χ2n) is 4.98. The summed E-state index contributed by atoms with van der Waals surface area (Å²) in [6.45, 7) is 0. The van der Waals surface area contributed by atoms with Gasteiger partial charge in [0, 0.05) is 0 Å². The molecule has 0 radical (unpaired) electrons. The van der Waals surface area contributed by atoms with Crippen molar-refractivity contribution in [3.8, 4) is 0 Å². The zero-order valence-electron chi connectivity index (χ0n) is 11.1. The van der Waals surface area contributed by atoms with Crippen molar-refractivity contribution < 1.29 is 17.5 Å². The lowest BCUT2D eigenvalue weighted by Gasteiger charge is -2.27. The van der Waals surface area contributed by atoms with Crippen LogP contribution in [0.15, 0.2) is 52.3 Å². The Balaban J connectivity index is 2.13. The molecular formula is C14H12Cl2O4S2. The van der Waals surface area contributed by atoms with Gasteiger partial charge < -0.3 is 0 Å². The highest BCUT2D eigenvalue weighted by Crippen LogP contribution is 2.61. The third-order valence-corrected chi connectivity index (χ3v) is 8.50. The molecule has 0 spiro atoms. The van der Waals surface area contributed by atoms with Gasteiger partial charge in [0.15, 0.2) is 9.84 Å². The van der Waals surface area contributed by atoms with Crippen LogP contribution in [0.25, 0.3) is 0 Å². The molecule has 0 fully saturated rings. The highest BCUT2D eigenvalue weighted by Gasteiger charge is 2.42.